The molecule has 0 aromatic heterocycles. The van der Waals surface area contributed by atoms with E-state index < -0.39 is 40.2 Å². The molecule has 0 radical (unpaired) electrons. The van der Waals surface area contributed by atoms with E-state index in [0.717, 1.165) is 24.3 Å². The number of nitrogens with one attached hydrogen (secondary N) is 2. The zero-order chi connectivity index (χ0) is 28.8. The molecule has 3 rings (SSSR count). The molecule has 1 amide bonds. The number of rotatable bonds is 10. The lowest BCUT2D eigenvalue weighted by molar-refractivity contribution is -0.137. The highest BCUT2D eigenvalue weighted by Crippen LogP contribution is 2.34. The Morgan fingerprint density at radius 3 is 2.13 bits per heavy atom. The van der Waals surface area contributed by atoms with Crippen LogP contribution >= 0.6 is 0 Å². The maximum atomic E-state index is 12.9. The van der Waals surface area contributed by atoms with Crippen LogP contribution in [0.3, 0.4) is 0 Å². The Hall–Kier alpha value is -4.46. The zero-order valence-electron chi connectivity index (χ0n) is 20.8. The minimum Gasteiger partial charge on any atom is -0.493 e. The molecule has 14 heteroatoms. The summed E-state index contributed by atoms with van der Waals surface area (Å²) >= 11 is 0. The standard InChI is InChI=1S/C25H23F3N2O8S/c1-35-21-12-19(24(32)37-3)20(13-22(21)36-2)29-23(31)14-38-17-7-9-18(10-8-17)39(33,34)30-16-6-4-5-15(11-16)25(26,27)28/h4-13,30H,14H2,1-3H3,(H,29,31). The largest absolute Gasteiger partial charge is 0.493 e. The van der Waals surface area contributed by atoms with E-state index in [9.17, 15) is 31.2 Å². The summed E-state index contributed by atoms with van der Waals surface area (Å²) in [5.41, 5.74) is -1.18. The number of carbonyl (C=O) groups is 2. The number of halogens is 3. The SMILES string of the molecule is COC(=O)c1cc(OC)c(OC)cc1NC(=O)COc1ccc(S(=O)(=O)Nc2cccc(C(F)(F)F)c2)cc1. The first kappa shape index (κ1) is 29.1. The third-order valence-corrected chi connectivity index (χ3v) is 6.55. The van der Waals surface area contributed by atoms with E-state index in [1.54, 1.807) is 0 Å². The summed E-state index contributed by atoms with van der Waals surface area (Å²) in [6.45, 7) is -0.510. The van der Waals surface area contributed by atoms with Crippen molar-refractivity contribution in [2.45, 2.75) is 11.1 Å². The number of hydrogen-bond acceptors (Lipinski definition) is 8. The molecule has 208 valence electrons. The number of esters is 1. The topological polar surface area (TPSA) is 129 Å². The van der Waals surface area contributed by atoms with Crippen LogP contribution < -0.4 is 24.2 Å². The summed E-state index contributed by atoms with van der Waals surface area (Å²) in [5, 5.41) is 2.51. The molecule has 0 aliphatic rings. The summed E-state index contributed by atoms with van der Waals surface area (Å²) in [6.07, 6.45) is -4.63. The Kier molecular flexibility index (Phi) is 8.91. The molecule has 0 spiro atoms. The van der Waals surface area contributed by atoms with E-state index >= 15 is 0 Å². The van der Waals surface area contributed by atoms with Crippen molar-refractivity contribution < 1.29 is 50.1 Å². The summed E-state index contributed by atoms with van der Waals surface area (Å²) in [4.78, 5) is 24.4. The molecule has 0 fully saturated rings. The van der Waals surface area contributed by atoms with Gasteiger partial charge in [0.05, 0.1) is 43.0 Å². The monoisotopic (exact) mass is 568 g/mol. The van der Waals surface area contributed by atoms with Gasteiger partial charge in [-0.15, -0.1) is 0 Å². The molecule has 39 heavy (non-hydrogen) atoms. The van der Waals surface area contributed by atoms with Gasteiger partial charge in [0, 0.05) is 17.8 Å². The maximum absolute atomic E-state index is 12.9. The minimum absolute atomic E-state index is 0.00586. The Morgan fingerprint density at radius 2 is 1.54 bits per heavy atom. The van der Waals surface area contributed by atoms with Gasteiger partial charge in [0.1, 0.15) is 5.75 Å². The first-order valence-electron chi connectivity index (χ1n) is 10.9. The Balaban J connectivity index is 1.67. The average molecular weight is 569 g/mol. The van der Waals surface area contributed by atoms with Crippen molar-refractivity contribution in [2.75, 3.05) is 38.0 Å². The molecule has 0 atom stereocenters. The van der Waals surface area contributed by atoms with Crippen LogP contribution in [0.1, 0.15) is 15.9 Å². The summed E-state index contributed by atoms with van der Waals surface area (Å²) in [7, 11) is -0.281. The number of anilines is 2. The van der Waals surface area contributed by atoms with Gasteiger partial charge in [-0.2, -0.15) is 13.2 Å². The van der Waals surface area contributed by atoms with Gasteiger partial charge in [-0.25, -0.2) is 13.2 Å². The third-order valence-electron chi connectivity index (χ3n) is 5.15. The van der Waals surface area contributed by atoms with Gasteiger partial charge in [0.15, 0.2) is 18.1 Å². The van der Waals surface area contributed by atoms with Gasteiger partial charge in [-0.3, -0.25) is 9.52 Å². The van der Waals surface area contributed by atoms with Crippen molar-refractivity contribution >= 4 is 33.3 Å². The van der Waals surface area contributed by atoms with Gasteiger partial charge in [-0.1, -0.05) is 6.07 Å². The number of sulfonamides is 1. The van der Waals surface area contributed by atoms with Crippen molar-refractivity contribution in [2.24, 2.45) is 0 Å². The average Bonchev–Trinajstić information content (AvgIpc) is 2.90. The number of ether oxygens (including phenoxy) is 4. The fraction of sp³-hybridized carbons (Fsp3) is 0.200. The molecule has 2 N–H and O–H groups in total. The second-order valence-electron chi connectivity index (χ2n) is 7.74. The molecule has 0 aliphatic heterocycles. The van der Waals surface area contributed by atoms with E-state index in [4.69, 9.17) is 18.9 Å². The molecular weight excluding hydrogens is 545 g/mol. The Morgan fingerprint density at radius 1 is 0.897 bits per heavy atom. The number of benzene rings is 3. The van der Waals surface area contributed by atoms with Crippen LogP contribution in [-0.2, 0) is 25.7 Å². The number of carbonyl (C=O) groups excluding carboxylic acids is 2. The van der Waals surface area contributed by atoms with Crippen LogP contribution in [0.2, 0.25) is 0 Å². The van der Waals surface area contributed by atoms with Crippen molar-refractivity contribution in [1.29, 1.82) is 0 Å². The molecule has 3 aromatic rings. The number of amides is 1. The second kappa shape index (κ2) is 11.9. The van der Waals surface area contributed by atoms with Crippen LogP contribution in [-0.4, -0.2) is 48.2 Å². The molecule has 10 nitrogen and oxygen atoms in total. The highest BCUT2D eigenvalue weighted by molar-refractivity contribution is 7.92. The summed E-state index contributed by atoms with van der Waals surface area (Å²) in [6, 6.07) is 11.3. The number of hydrogen-bond donors (Lipinski definition) is 2. The lowest BCUT2D eigenvalue weighted by Crippen LogP contribution is -2.22. The van der Waals surface area contributed by atoms with E-state index in [0.29, 0.717) is 6.07 Å². The van der Waals surface area contributed by atoms with E-state index in [1.165, 1.54) is 51.7 Å². The molecule has 3 aromatic carbocycles. The first-order chi connectivity index (χ1) is 18.4. The lowest BCUT2D eigenvalue weighted by Gasteiger charge is -2.15. The fourth-order valence-corrected chi connectivity index (χ4v) is 4.33. The van der Waals surface area contributed by atoms with Crippen LogP contribution in [0.15, 0.2) is 65.6 Å². The molecule has 0 aliphatic carbocycles. The first-order valence-corrected chi connectivity index (χ1v) is 12.4. The van der Waals surface area contributed by atoms with Crippen molar-refractivity contribution in [1.82, 2.24) is 0 Å². The van der Waals surface area contributed by atoms with Gasteiger partial charge >= 0.3 is 12.1 Å². The van der Waals surface area contributed by atoms with E-state index in [-0.39, 0.29) is 39.1 Å². The third kappa shape index (κ3) is 7.31. The van der Waals surface area contributed by atoms with E-state index in [2.05, 4.69) is 10.0 Å². The molecule has 0 saturated carbocycles. The smallest absolute Gasteiger partial charge is 0.416 e. The minimum atomic E-state index is -4.63. The zero-order valence-corrected chi connectivity index (χ0v) is 21.6. The summed E-state index contributed by atoms with van der Waals surface area (Å²) in [5.74, 6) is -0.775. The van der Waals surface area contributed by atoms with Crippen molar-refractivity contribution in [3.8, 4) is 17.2 Å². The molecule has 0 saturated heterocycles. The highest BCUT2D eigenvalue weighted by Gasteiger charge is 2.30. The van der Waals surface area contributed by atoms with E-state index in [1.807, 2.05) is 0 Å². The second-order valence-corrected chi connectivity index (χ2v) is 9.42. The molecule has 0 bridgehead atoms. The predicted molar refractivity (Wildman–Crippen MR) is 134 cm³/mol. The molecular formula is C25H23F3N2O8S. The van der Waals surface area contributed by atoms with Gasteiger partial charge < -0.3 is 24.3 Å². The molecule has 0 unspecified atom stereocenters. The number of alkyl halides is 3. The quantitative estimate of drug-likeness (QED) is 0.346. The molecule has 0 heterocycles. The van der Waals surface area contributed by atoms with Gasteiger partial charge in [0.2, 0.25) is 0 Å². The van der Waals surface area contributed by atoms with Crippen molar-refractivity contribution in [3.63, 3.8) is 0 Å². The van der Waals surface area contributed by atoms with Crippen molar-refractivity contribution in [3.05, 3.63) is 71.8 Å². The lowest BCUT2D eigenvalue weighted by atomic mass is 10.1. The van der Waals surface area contributed by atoms with Gasteiger partial charge in [0.25, 0.3) is 15.9 Å². The fourth-order valence-electron chi connectivity index (χ4n) is 3.28. The maximum Gasteiger partial charge on any atom is 0.416 e. The van der Waals surface area contributed by atoms with Gasteiger partial charge in [-0.05, 0) is 42.5 Å². The number of methoxy groups -OCH3 is 3. The Labute approximate surface area is 221 Å². The van der Waals surface area contributed by atoms with Crippen LogP contribution in [0.4, 0.5) is 24.5 Å². The normalized spacial score (nSPS) is 11.3. The predicted octanol–water partition coefficient (Wildman–Crippen LogP) is 4.33. The van der Waals surface area contributed by atoms with Crippen LogP contribution in [0.5, 0.6) is 17.2 Å². The highest BCUT2D eigenvalue weighted by atomic mass is 32.2. The summed E-state index contributed by atoms with van der Waals surface area (Å²) < 4.78 is 86.5. The van der Waals surface area contributed by atoms with Crippen LogP contribution in [0, 0.1) is 0 Å². The Bertz CT molecular complexity index is 1460. The van der Waals surface area contributed by atoms with Crippen LogP contribution in [0.25, 0.3) is 0 Å².